The standard InChI is InChI=1S/C41H43Cl2FN4O8S/c1-53-36-14-11-28(20-38(36)54-2)37(21-30-31(42)22-45-23-32(30)43)55-40(49)35-8-5-17-48(35)57(51,52)29-12-9-26(10-13-29)24-47(34-7-4-3-6-33(34)44)41(50)56-39-25-46-18-15-27(39)16-19-46/h3-4,6-7,9-14,20,22-23,27,35,37,39H,5,8,15-19,21,24-25H2,1-2H3/t35-,37-,39-/m0/s1. The number of ether oxygens (including phenoxy) is 4. The topological polar surface area (TPSA) is 128 Å². The molecule has 0 unspecified atom stereocenters. The molecule has 302 valence electrons. The Morgan fingerprint density at radius 3 is 2.28 bits per heavy atom. The first-order valence-electron chi connectivity index (χ1n) is 18.7. The fourth-order valence-corrected chi connectivity index (χ4v) is 9.99. The smallest absolute Gasteiger partial charge is 0.415 e. The highest BCUT2D eigenvalue weighted by Crippen LogP contribution is 2.37. The monoisotopic (exact) mass is 840 g/mol. The van der Waals surface area contributed by atoms with E-state index in [0.717, 1.165) is 30.2 Å². The largest absolute Gasteiger partial charge is 0.493 e. The Morgan fingerprint density at radius 2 is 1.63 bits per heavy atom. The number of pyridine rings is 1. The molecule has 0 N–H and O–H groups in total. The Hall–Kier alpha value is -4.47. The summed E-state index contributed by atoms with van der Waals surface area (Å²) in [6.07, 6.45) is 3.60. The number of anilines is 1. The maximum absolute atomic E-state index is 15.1. The maximum atomic E-state index is 15.1. The van der Waals surface area contributed by atoms with Crippen LogP contribution in [0.1, 0.15) is 48.5 Å². The van der Waals surface area contributed by atoms with Crippen LogP contribution in [0, 0.1) is 11.7 Å². The number of rotatable bonds is 13. The number of carbonyl (C=O) groups is 2. The average Bonchev–Trinajstić information content (AvgIpc) is 3.73. The van der Waals surface area contributed by atoms with Gasteiger partial charge in [0.2, 0.25) is 10.0 Å². The first-order chi connectivity index (χ1) is 27.5. The molecule has 3 atom stereocenters. The van der Waals surface area contributed by atoms with Crippen molar-refractivity contribution in [3.8, 4) is 11.5 Å². The summed E-state index contributed by atoms with van der Waals surface area (Å²) in [5.41, 5.74) is 1.65. The van der Waals surface area contributed by atoms with Crippen LogP contribution in [0.4, 0.5) is 14.9 Å². The number of benzene rings is 3. The highest BCUT2D eigenvalue weighted by Gasteiger charge is 2.42. The zero-order valence-electron chi connectivity index (χ0n) is 31.5. The van der Waals surface area contributed by atoms with Gasteiger partial charge in [0.25, 0.3) is 0 Å². The van der Waals surface area contributed by atoms with E-state index in [1.807, 2.05) is 0 Å². The number of halogens is 3. The van der Waals surface area contributed by atoms with Crippen molar-refractivity contribution in [2.75, 3.05) is 45.3 Å². The van der Waals surface area contributed by atoms with Gasteiger partial charge in [0.1, 0.15) is 24.1 Å². The van der Waals surface area contributed by atoms with Gasteiger partial charge in [0, 0.05) is 31.9 Å². The number of sulfonamides is 1. The lowest BCUT2D eigenvalue weighted by atomic mass is 9.86. The lowest BCUT2D eigenvalue weighted by molar-refractivity contribution is -0.153. The van der Waals surface area contributed by atoms with Crippen LogP contribution < -0.4 is 14.4 Å². The first kappa shape index (κ1) is 40.7. The maximum Gasteiger partial charge on any atom is 0.415 e. The Balaban J connectivity index is 1.09. The quantitative estimate of drug-likeness (QED) is 0.125. The minimum absolute atomic E-state index is 0.0509. The van der Waals surface area contributed by atoms with E-state index in [1.165, 1.54) is 55.8 Å². The van der Waals surface area contributed by atoms with Crippen LogP contribution in [0.2, 0.25) is 10.0 Å². The molecular formula is C41H43Cl2FN4O8S. The summed E-state index contributed by atoms with van der Waals surface area (Å²) in [5, 5.41) is 0.557. The van der Waals surface area contributed by atoms with Gasteiger partial charge in [-0.05, 0) is 97.8 Å². The molecule has 0 aliphatic carbocycles. The Bertz CT molecular complexity index is 2190. The number of fused-ring (bicyclic) bond motifs is 3. The van der Waals surface area contributed by atoms with E-state index in [9.17, 15) is 18.0 Å². The first-order valence-corrected chi connectivity index (χ1v) is 20.9. The summed E-state index contributed by atoms with van der Waals surface area (Å²) >= 11 is 12.9. The minimum Gasteiger partial charge on any atom is -0.493 e. The molecule has 4 aliphatic heterocycles. The molecule has 1 aromatic heterocycles. The molecule has 12 nitrogen and oxygen atoms in total. The van der Waals surface area contributed by atoms with E-state index >= 15 is 4.39 Å². The number of para-hydroxylation sites is 1. The third kappa shape index (κ3) is 8.85. The number of hydrogen-bond donors (Lipinski definition) is 0. The van der Waals surface area contributed by atoms with E-state index < -0.39 is 40.0 Å². The zero-order valence-corrected chi connectivity index (χ0v) is 33.8. The third-order valence-electron chi connectivity index (χ3n) is 10.9. The van der Waals surface area contributed by atoms with Crippen molar-refractivity contribution in [2.24, 2.45) is 5.92 Å². The zero-order chi connectivity index (χ0) is 40.3. The van der Waals surface area contributed by atoms with Gasteiger partial charge >= 0.3 is 12.1 Å². The lowest BCUT2D eigenvalue weighted by Crippen LogP contribution is -2.53. The van der Waals surface area contributed by atoms with Gasteiger partial charge in [-0.3, -0.25) is 19.6 Å². The fraction of sp³-hybridized carbons (Fsp3) is 0.390. The predicted molar refractivity (Wildman–Crippen MR) is 212 cm³/mol. The molecule has 2 bridgehead atoms. The number of methoxy groups -OCH3 is 2. The molecular weight excluding hydrogens is 798 g/mol. The molecule has 57 heavy (non-hydrogen) atoms. The molecule has 4 aliphatic rings. The van der Waals surface area contributed by atoms with Crippen LogP contribution in [-0.2, 0) is 37.3 Å². The van der Waals surface area contributed by atoms with Crippen molar-refractivity contribution in [2.45, 2.75) is 61.8 Å². The number of esters is 1. The number of amides is 1. The number of carbonyl (C=O) groups excluding carboxylic acids is 2. The van der Waals surface area contributed by atoms with Crippen LogP contribution in [-0.4, -0.2) is 87.2 Å². The van der Waals surface area contributed by atoms with Crippen molar-refractivity contribution < 1.29 is 41.3 Å². The van der Waals surface area contributed by atoms with Crippen LogP contribution in [0.25, 0.3) is 0 Å². The van der Waals surface area contributed by atoms with Crippen LogP contribution in [0.5, 0.6) is 11.5 Å². The van der Waals surface area contributed by atoms with Crippen molar-refractivity contribution in [1.82, 2.24) is 14.2 Å². The SMILES string of the molecule is COc1ccc([C@H](Cc2c(Cl)cncc2Cl)OC(=O)[C@@H]2CCCN2S(=O)(=O)c2ccc(CN(C(=O)O[C@H]3CN4CCC3CC4)c3ccccc3F)cc2)cc1OC. The van der Waals surface area contributed by atoms with Gasteiger partial charge in [0.15, 0.2) is 11.5 Å². The average molecular weight is 842 g/mol. The summed E-state index contributed by atoms with van der Waals surface area (Å²) in [4.78, 5) is 35.1. The van der Waals surface area contributed by atoms with Gasteiger partial charge < -0.3 is 18.9 Å². The Labute approximate surface area is 341 Å². The number of aromatic nitrogens is 1. The second-order valence-electron chi connectivity index (χ2n) is 14.3. The van der Waals surface area contributed by atoms with E-state index in [1.54, 1.807) is 42.5 Å². The molecule has 16 heteroatoms. The van der Waals surface area contributed by atoms with Gasteiger partial charge in [-0.1, -0.05) is 53.5 Å². The lowest BCUT2D eigenvalue weighted by Gasteiger charge is -2.44. The van der Waals surface area contributed by atoms with E-state index in [4.69, 9.17) is 42.1 Å². The summed E-state index contributed by atoms with van der Waals surface area (Å²) < 4.78 is 67.5. The van der Waals surface area contributed by atoms with E-state index in [2.05, 4.69) is 9.88 Å². The van der Waals surface area contributed by atoms with E-state index in [0.29, 0.717) is 41.2 Å². The molecule has 0 spiro atoms. The number of piperidine rings is 3. The second kappa shape index (κ2) is 17.6. The summed E-state index contributed by atoms with van der Waals surface area (Å²) in [5.74, 6) is -0.201. The van der Waals surface area contributed by atoms with E-state index in [-0.39, 0.29) is 58.6 Å². The molecule has 4 aromatic rings. The number of nitrogens with zero attached hydrogens (tertiary/aromatic N) is 4. The molecule has 1 amide bonds. The summed E-state index contributed by atoms with van der Waals surface area (Å²) in [7, 11) is -1.20. The van der Waals surface area contributed by atoms with Crippen molar-refractivity contribution in [3.63, 3.8) is 0 Å². The molecule has 4 saturated heterocycles. The van der Waals surface area contributed by atoms with Crippen LogP contribution in [0.15, 0.2) is 84.0 Å². The second-order valence-corrected chi connectivity index (χ2v) is 17.0. The molecule has 3 aromatic carbocycles. The highest BCUT2D eigenvalue weighted by molar-refractivity contribution is 7.89. The minimum atomic E-state index is -4.19. The predicted octanol–water partition coefficient (Wildman–Crippen LogP) is 7.46. The summed E-state index contributed by atoms with van der Waals surface area (Å²) in [6.45, 7) is 2.62. The highest BCUT2D eigenvalue weighted by atomic mass is 35.5. The van der Waals surface area contributed by atoms with Crippen molar-refractivity contribution in [1.29, 1.82) is 0 Å². The molecule has 4 fully saturated rings. The molecule has 0 radical (unpaired) electrons. The summed E-state index contributed by atoms with van der Waals surface area (Å²) in [6, 6.07) is 15.9. The van der Waals surface area contributed by atoms with Crippen molar-refractivity contribution in [3.05, 3.63) is 112 Å². The van der Waals surface area contributed by atoms with Crippen molar-refractivity contribution >= 4 is 51.0 Å². The van der Waals surface area contributed by atoms with Crippen LogP contribution >= 0.6 is 23.2 Å². The molecule has 5 heterocycles. The van der Waals surface area contributed by atoms with Crippen LogP contribution in [0.3, 0.4) is 0 Å². The van der Waals surface area contributed by atoms with Gasteiger partial charge in [-0.2, -0.15) is 4.31 Å². The Kier molecular flexibility index (Phi) is 12.6. The number of hydrogen-bond acceptors (Lipinski definition) is 10. The third-order valence-corrected chi connectivity index (χ3v) is 13.5. The molecule has 8 rings (SSSR count). The molecule has 0 saturated carbocycles. The van der Waals surface area contributed by atoms with Gasteiger partial charge in [-0.15, -0.1) is 0 Å². The van der Waals surface area contributed by atoms with Gasteiger partial charge in [-0.25, -0.2) is 17.6 Å². The van der Waals surface area contributed by atoms with Gasteiger partial charge in [0.05, 0.1) is 41.4 Å². The normalized spacial score (nSPS) is 21.1. The fourth-order valence-electron chi connectivity index (χ4n) is 7.82. The Morgan fingerprint density at radius 1 is 0.930 bits per heavy atom.